The molecule has 0 unspecified atom stereocenters. The highest BCUT2D eigenvalue weighted by Crippen LogP contribution is 2.40. The average Bonchev–Trinajstić information content (AvgIpc) is 2.74. The van der Waals surface area contributed by atoms with Gasteiger partial charge in [-0.15, -0.1) is 0 Å². The van der Waals surface area contributed by atoms with Gasteiger partial charge in [0.15, 0.2) is 0 Å². The minimum Gasteiger partial charge on any atom is -0.339 e. The number of halogens is 2. The number of nitrogens with zero attached hydrogens (tertiary/aromatic N) is 3. The quantitative estimate of drug-likeness (QED) is 0.350. The molecule has 162 valence electrons. The first-order chi connectivity index (χ1) is 14.7. The lowest BCUT2D eigenvalue weighted by Gasteiger charge is -2.34. The SMILES string of the molecule is C=C(C(=O)N1CCN(C(C)=O)CC1)c1ccc(Sc2ccc(Cl)cc2Cl)c([N+](=O)[O-])c1. The Kier molecular flexibility index (Phi) is 7.25. The first kappa shape index (κ1) is 23.1. The molecule has 1 fully saturated rings. The van der Waals surface area contributed by atoms with Crippen LogP contribution in [-0.4, -0.2) is 52.7 Å². The van der Waals surface area contributed by atoms with Crippen molar-refractivity contribution in [2.75, 3.05) is 26.2 Å². The van der Waals surface area contributed by atoms with Gasteiger partial charge in [-0.05, 0) is 29.8 Å². The van der Waals surface area contributed by atoms with Crippen LogP contribution in [0.25, 0.3) is 5.57 Å². The van der Waals surface area contributed by atoms with Gasteiger partial charge in [-0.1, -0.05) is 47.6 Å². The van der Waals surface area contributed by atoms with Crippen molar-refractivity contribution in [1.82, 2.24) is 9.80 Å². The minimum atomic E-state index is -0.501. The lowest BCUT2D eigenvalue weighted by molar-refractivity contribution is -0.387. The van der Waals surface area contributed by atoms with Crippen molar-refractivity contribution in [3.63, 3.8) is 0 Å². The number of rotatable bonds is 5. The summed E-state index contributed by atoms with van der Waals surface area (Å²) < 4.78 is 0. The maximum atomic E-state index is 12.8. The molecule has 0 spiro atoms. The Morgan fingerprint density at radius 2 is 1.65 bits per heavy atom. The number of hydrogen-bond acceptors (Lipinski definition) is 5. The second kappa shape index (κ2) is 9.72. The molecule has 0 N–H and O–H groups in total. The summed E-state index contributed by atoms with van der Waals surface area (Å²) >= 11 is 13.2. The monoisotopic (exact) mass is 479 g/mol. The number of carbonyl (C=O) groups is 2. The van der Waals surface area contributed by atoms with Gasteiger partial charge in [-0.3, -0.25) is 19.7 Å². The summed E-state index contributed by atoms with van der Waals surface area (Å²) in [4.78, 5) is 39.7. The Labute approximate surface area is 193 Å². The van der Waals surface area contributed by atoms with Gasteiger partial charge in [-0.2, -0.15) is 0 Å². The predicted molar refractivity (Wildman–Crippen MR) is 122 cm³/mol. The maximum absolute atomic E-state index is 12.8. The van der Waals surface area contributed by atoms with E-state index in [2.05, 4.69) is 6.58 Å². The van der Waals surface area contributed by atoms with E-state index in [1.54, 1.807) is 40.1 Å². The van der Waals surface area contributed by atoms with Crippen LogP contribution in [0.2, 0.25) is 10.0 Å². The van der Waals surface area contributed by atoms with Crippen molar-refractivity contribution >= 4 is 58.0 Å². The standard InChI is InChI=1S/C21H19Cl2N3O4S/c1-13(21(28)25-9-7-24(8-10-25)14(2)27)15-3-5-20(18(11-15)26(29)30)31-19-6-4-16(22)12-17(19)23/h3-6,11-12H,1,7-10H2,2H3. The summed E-state index contributed by atoms with van der Waals surface area (Å²) in [6, 6.07) is 9.47. The molecule has 0 bridgehead atoms. The predicted octanol–water partition coefficient (Wildman–Crippen LogP) is 4.76. The maximum Gasteiger partial charge on any atom is 0.283 e. The summed E-state index contributed by atoms with van der Waals surface area (Å²) in [6.45, 7) is 7.03. The number of benzene rings is 2. The summed E-state index contributed by atoms with van der Waals surface area (Å²) in [5.41, 5.74) is 0.390. The van der Waals surface area contributed by atoms with Crippen molar-refractivity contribution < 1.29 is 14.5 Å². The number of carbonyl (C=O) groups excluding carboxylic acids is 2. The van der Waals surface area contributed by atoms with Gasteiger partial charge in [0.05, 0.1) is 14.8 Å². The molecule has 1 saturated heterocycles. The van der Waals surface area contributed by atoms with Crippen LogP contribution in [0.3, 0.4) is 0 Å². The average molecular weight is 480 g/mol. The van der Waals surface area contributed by atoms with E-state index in [1.807, 2.05) is 0 Å². The van der Waals surface area contributed by atoms with Gasteiger partial charge >= 0.3 is 0 Å². The van der Waals surface area contributed by atoms with E-state index in [-0.39, 0.29) is 23.1 Å². The summed E-state index contributed by atoms with van der Waals surface area (Å²) in [7, 11) is 0. The van der Waals surface area contributed by atoms with E-state index < -0.39 is 4.92 Å². The van der Waals surface area contributed by atoms with Crippen molar-refractivity contribution in [2.24, 2.45) is 0 Å². The van der Waals surface area contributed by atoms with Gasteiger partial charge in [-0.25, -0.2) is 0 Å². The highest BCUT2D eigenvalue weighted by atomic mass is 35.5. The molecule has 1 heterocycles. The fraction of sp³-hybridized carbons (Fsp3) is 0.238. The Balaban J connectivity index is 1.80. The van der Waals surface area contributed by atoms with E-state index in [4.69, 9.17) is 23.2 Å². The Morgan fingerprint density at radius 1 is 1.03 bits per heavy atom. The molecule has 0 radical (unpaired) electrons. The van der Waals surface area contributed by atoms with E-state index >= 15 is 0 Å². The largest absolute Gasteiger partial charge is 0.339 e. The van der Waals surface area contributed by atoms with Crippen LogP contribution in [0.1, 0.15) is 12.5 Å². The van der Waals surface area contributed by atoms with Crippen LogP contribution < -0.4 is 0 Å². The Morgan fingerprint density at radius 3 is 2.23 bits per heavy atom. The van der Waals surface area contributed by atoms with Crippen LogP contribution in [0.4, 0.5) is 5.69 Å². The lowest BCUT2D eigenvalue weighted by atomic mass is 10.1. The number of nitro benzene ring substituents is 1. The second-order valence-corrected chi connectivity index (χ2v) is 8.82. The fourth-order valence-electron chi connectivity index (χ4n) is 3.15. The number of amides is 2. The summed E-state index contributed by atoms with van der Waals surface area (Å²) in [6.07, 6.45) is 0. The lowest BCUT2D eigenvalue weighted by Crippen LogP contribution is -2.50. The molecule has 0 aromatic heterocycles. The molecular formula is C21H19Cl2N3O4S. The Bertz CT molecular complexity index is 1070. The zero-order valence-electron chi connectivity index (χ0n) is 16.6. The zero-order chi connectivity index (χ0) is 22.7. The van der Waals surface area contributed by atoms with Crippen LogP contribution >= 0.6 is 35.0 Å². The first-order valence-electron chi connectivity index (χ1n) is 9.32. The number of piperazine rings is 1. The molecule has 2 aromatic rings. The number of nitro groups is 1. The molecule has 0 atom stereocenters. The Hall–Kier alpha value is -2.55. The smallest absolute Gasteiger partial charge is 0.283 e. The molecule has 0 aliphatic carbocycles. The van der Waals surface area contributed by atoms with E-state index in [0.29, 0.717) is 51.6 Å². The van der Waals surface area contributed by atoms with Crippen LogP contribution in [0.5, 0.6) is 0 Å². The van der Waals surface area contributed by atoms with Crippen molar-refractivity contribution in [1.29, 1.82) is 0 Å². The number of hydrogen-bond donors (Lipinski definition) is 0. The van der Waals surface area contributed by atoms with Gasteiger partial charge in [0.1, 0.15) is 0 Å². The second-order valence-electron chi connectivity index (χ2n) is 6.89. The molecule has 1 aliphatic heterocycles. The molecule has 3 rings (SSSR count). The summed E-state index contributed by atoms with van der Waals surface area (Å²) in [5.74, 6) is -0.339. The van der Waals surface area contributed by atoms with E-state index in [0.717, 1.165) is 11.8 Å². The highest BCUT2D eigenvalue weighted by molar-refractivity contribution is 7.99. The zero-order valence-corrected chi connectivity index (χ0v) is 19.0. The van der Waals surface area contributed by atoms with Gasteiger partial charge < -0.3 is 9.80 Å². The van der Waals surface area contributed by atoms with Gasteiger partial charge in [0, 0.05) is 54.7 Å². The minimum absolute atomic E-state index is 0.0320. The molecule has 0 saturated carbocycles. The summed E-state index contributed by atoms with van der Waals surface area (Å²) in [5, 5.41) is 12.5. The van der Waals surface area contributed by atoms with Crippen LogP contribution in [0.15, 0.2) is 52.8 Å². The van der Waals surface area contributed by atoms with Crippen molar-refractivity contribution in [3.8, 4) is 0 Å². The third-order valence-corrected chi connectivity index (χ3v) is 6.69. The fourth-order valence-corrected chi connectivity index (χ4v) is 4.58. The molecular weight excluding hydrogens is 461 g/mol. The highest BCUT2D eigenvalue weighted by Gasteiger charge is 2.26. The van der Waals surface area contributed by atoms with Gasteiger partial charge in [0.25, 0.3) is 11.6 Å². The van der Waals surface area contributed by atoms with Crippen molar-refractivity contribution in [3.05, 3.63) is 68.7 Å². The van der Waals surface area contributed by atoms with E-state index in [1.165, 1.54) is 13.0 Å². The van der Waals surface area contributed by atoms with Gasteiger partial charge in [0.2, 0.25) is 5.91 Å². The van der Waals surface area contributed by atoms with E-state index in [9.17, 15) is 19.7 Å². The molecule has 2 amide bonds. The topological polar surface area (TPSA) is 83.8 Å². The molecule has 2 aromatic carbocycles. The molecule has 1 aliphatic rings. The first-order valence-corrected chi connectivity index (χ1v) is 10.9. The molecule has 31 heavy (non-hydrogen) atoms. The normalized spacial score (nSPS) is 13.8. The third-order valence-electron chi connectivity index (χ3n) is 4.89. The van der Waals surface area contributed by atoms with Crippen molar-refractivity contribution in [2.45, 2.75) is 16.7 Å². The molecule has 7 nitrogen and oxygen atoms in total. The third kappa shape index (κ3) is 5.39. The van der Waals surface area contributed by atoms with Crippen LogP contribution in [0, 0.1) is 10.1 Å². The van der Waals surface area contributed by atoms with Crippen LogP contribution in [-0.2, 0) is 9.59 Å². The molecule has 10 heteroatoms.